The summed E-state index contributed by atoms with van der Waals surface area (Å²) >= 11 is 0. The van der Waals surface area contributed by atoms with E-state index in [1.165, 1.54) is 5.69 Å². The third-order valence-corrected chi connectivity index (χ3v) is 4.02. The Labute approximate surface area is 136 Å². The number of carbonyl (C=O) groups excluding carboxylic acids is 1. The predicted octanol–water partition coefficient (Wildman–Crippen LogP) is 2.99. The van der Waals surface area contributed by atoms with E-state index < -0.39 is 0 Å². The van der Waals surface area contributed by atoms with Crippen LogP contribution >= 0.6 is 0 Å². The van der Waals surface area contributed by atoms with E-state index in [4.69, 9.17) is 0 Å². The number of hydrogen-bond acceptors (Lipinski definition) is 3. The number of amides is 1. The van der Waals surface area contributed by atoms with Crippen molar-refractivity contribution in [3.05, 3.63) is 66.2 Å². The van der Waals surface area contributed by atoms with E-state index >= 15 is 0 Å². The molecule has 1 aliphatic rings. The summed E-state index contributed by atoms with van der Waals surface area (Å²) in [7, 11) is 0. The van der Waals surface area contributed by atoms with Gasteiger partial charge in [0.15, 0.2) is 0 Å². The molecule has 0 aromatic heterocycles. The van der Waals surface area contributed by atoms with Crippen molar-refractivity contribution in [3.8, 4) is 0 Å². The zero-order valence-corrected chi connectivity index (χ0v) is 13.1. The monoisotopic (exact) mass is 307 g/mol. The summed E-state index contributed by atoms with van der Waals surface area (Å²) in [6.45, 7) is 7.73. The van der Waals surface area contributed by atoms with Gasteiger partial charge in [0, 0.05) is 43.1 Å². The average molecular weight is 307 g/mol. The molecule has 2 aromatic rings. The first-order valence-corrected chi connectivity index (χ1v) is 7.86. The molecular formula is C19H21N3O. The molecule has 4 heteroatoms. The smallest absolute Gasteiger partial charge is 0.255 e. The van der Waals surface area contributed by atoms with Gasteiger partial charge in [-0.2, -0.15) is 0 Å². The van der Waals surface area contributed by atoms with Crippen LogP contribution in [-0.4, -0.2) is 32.1 Å². The van der Waals surface area contributed by atoms with E-state index in [1.807, 2.05) is 48.5 Å². The molecule has 0 radical (unpaired) electrons. The predicted molar refractivity (Wildman–Crippen MR) is 96.0 cm³/mol. The number of nitrogens with zero attached hydrogens (tertiary/aromatic N) is 1. The molecule has 4 nitrogen and oxygen atoms in total. The molecule has 1 aliphatic heterocycles. The van der Waals surface area contributed by atoms with E-state index in [0.29, 0.717) is 5.56 Å². The maximum Gasteiger partial charge on any atom is 0.255 e. The molecule has 1 amide bonds. The zero-order chi connectivity index (χ0) is 16.1. The second-order valence-electron chi connectivity index (χ2n) is 5.56. The summed E-state index contributed by atoms with van der Waals surface area (Å²) in [6, 6.07) is 15.4. The molecule has 118 valence electrons. The van der Waals surface area contributed by atoms with Gasteiger partial charge in [-0.25, -0.2) is 0 Å². The highest BCUT2D eigenvalue weighted by atomic mass is 16.1. The van der Waals surface area contributed by atoms with Crippen LogP contribution in [0.3, 0.4) is 0 Å². The molecular weight excluding hydrogens is 286 g/mol. The summed E-state index contributed by atoms with van der Waals surface area (Å²) in [5.74, 6) is -0.0942. The van der Waals surface area contributed by atoms with Crippen molar-refractivity contribution >= 4 is 23.4 Å². The minimum atomic E-state index is -0.0942. The quantitative estimate of drug-likeness (QED) is 0.912. The van der Waals surface area contributed by atoms with Crippen LogP contribution in [0.5, 0.6) is 0 Å². The highest BCUT2D eigenvalue weighted by Gasteiger charge is 2.11. The number of rotatable bonds is 4. The number of carbonyl (C=O) groups is 1. The topological polar surface area (TPSA) is 44.4 Å². The molecule has 0 saturated carbocycles. The number of nitrogens with one attached hydrogen (secondary N) is 2. The lowest BCUT2D eigenvalue weighted by molar-refractivity contribution is 0.102. The van der Waals surface area contributed by atoms with Crippen molar-refractivity contribution in [2.45, 2.75) is 0 Å². The molecule has 0 spiro atoms. The second-order valence-corrected chi connectivity index (χ2v) is 5.56. The molecule has 1 fully saturated rings. The molecule has 1 saturated heterocycles. The van der Waals surface area contributed by atoms with Gasteiger partial charge in [0.25, 0.3) is 5.91 Å². The fourth-order valence-corrected chi connectivity index (χ4v) is 2.65. The van der Waals surface area contributed by atoms with Gasteiger partial charge >= 0.3 is 0 Å². The molecule has 2 N–H and O–H groups in total. The normalized spacial score (nSPS) is 14.3. The Balaban J connectivity index is 1.65. The van der Waals surface area contributed by atoms with E-state index in [0.717, 1.165) is 37.4 Å². The van der Waals surface area contributed by atoms with Crippen LogP contribution in [0.2, 0.25) is 0 Å². The highest BCUT2D eigenvalue weighted by molar-refractivity contribution is 6.04. The largest absolute Gasteiger partial charge is 0.369 e. The summed E-state index contributed by atoms with van der Waals surface area (Å²) < 4.78 is 0. The number of benzene rings is 2. The van der Waals surface area contributed by atoms with Crippen molar-refractivity contribution < 1.29 is 4.79 Å². The first-order chi connectivity index (χ1) is 11.3. The lowest BCUT2D eigenvalue weighted by Crippen LogP contribution is -2.43. The molecule has 3 rings (SSSR count). The minimum absolute atomic E-state index is 0.0942. The van der Waals surface area contributed by atoms with Gasteiger partial charge < -0.3 is 15.5 Å². The van der Waals surface area contributed by atoms with Gasteiger partial charge in [-0.05, 0) is 42.0 Å². The zero-order valence-electron chi connectivity index (χ0n) is 13.1. The highest BCUT2D eigenvalue weighted by Crippen LogP contribution is 2.17. The fraction of sp³-hybridized carbons (Fsp3) is 0.211. The molecule has 1 heterocycles. The molecule has 0 atom stereocenters. The van der Waals surface area contributed by atoms with E-state index in [-0.39, 0.29) is 5.91 Å². The van der Waals surface area contributed by atoms with Gasteiger partial charge in [-0.1, -0.05) is 24.8 Å². The van der Waals surface area contributed by atoms with Gasteiger partial charge in [0.05, 0.1) is 0 Å². The molecule has 0 unspecified atom stereocenters. The third-order valence-electron chi connectivity index (χ3n) is 4.02. The van der Waals surface area contributed by atoms with Crippen LogP contribution in [0, 0.1) is 0 Å². The molecule has 23 heavy (non-hydrogen) atoms. The summed E-state index contributed by atoms with van der Waals surface area (Å²) in [5.41, 5.74) is 3.64. The van der Waals surface area contributed by atoms with Crippen LogP contribution in [0.1, 0.15) is 15.9 Å². The van der Waals surface area contributed by atoms with Crippen LogP contribution in [0.4, 0.5) is 11.4 Å². The van der Waals surface area contributed by atoms with Crippen LogP contribution in [0.25, 0.3) is 6.08 Å². The SMILES string of the molecule is C=Cc1ccc(NC(=O)c2ccc(N3CCNCC3)cc2)cc1. The van der Waals surface area contributed by atoms with Crippen molar-refractivity contribution in [3.63, 3.8) is 0 Å². The van der Waals surface area contributed by atoms with Crippen molar-refractivity contribution in [2.24, 2.45) is 0 Å². The van der Waals surface area contributed by atoms with Gasteiger partial charge in [-0.15, -0.1) is 0 Å². The Bertz CT molecular complexity index is 671. The standard InChI is InChI=1S/C19H21N3O/c1-2-15-3-7-17(8-4-15)21-19(23)16-5-9-18(10-6-16)22-13-11-20-12-14-22/h2-10,20H,1,11-14H2,(H,21,23). The second kappa shape index (κ2) is 7.11. The third kappa shape index (κ3) is 3.79. The van der Waals surface area contributed by atoms with Crippen molar-refractivity contribution in [1.82, 2.24) is 5.32 Å². The molecule has 0 bridgehead atoms. The maximum absolute atomic E-state index is 12.3. The van der Waals surface area contributed by atoms with Gasteiger partial charge in [-0.3, -0.25) is 4.79 Å². The van der Waals surface area contributed by atoms with E-state index in [1.54, 1.807) is 6.08 Å². The Kier molecular flexibility index (Phi) is 4.74. The van der Waals surface area contributed by atoms with E-state index in [2.05, 4.69) is 22.1 Å². The number of anilines is 2. The Morgan fingerprint density at radius 2 is 1.70 bits per heavy atom. The van der Waals surface area contributed by atoms with Crippen LogP contribution in [0.15, 0.2) is 55.1 Å². The summed E-state index contributed by atoms with van der Waals surface area (Å²) in [5, 5.41) is 6.25. The Morgan fingerprint density at radius 1 is 1.04 bits per heavy atom. The summed E-state index contributed by atoms with van der Waals surface area (Å²) in [4.78, 5) is 14.6. The lowest BCUT2D eigenvalue weighted by Gasteiger charge is -2.29. The minimum Gasteiger partial charge on any atom is -0.369 e. The van der Waals surface area contributed by atoms with Crippen LogP contribution < -0.4 is 15.5 Å². The first-order valence-electron chi connectivity index (χ1n) is 7.86. The summed E-state index contributed by atoms with van der Waals surface area (Å²) in [6.07, 6.45) is 1.78. The van der Waals surface area contributed by atoms with Crippen molar-refractivity contribution in [1.29, 1.82) is 0 Å². The Morgan fingerprint density at radius 3 is 2.30 bits per heavy atom. The molecule has 0 aliphatic carbocycles. The number of hydrogen-bond donors (Lipinski definition) is 2. The van der Waals surface area contributed by atoms with E-state index in [9.17, 15) is 4.79 Å². The average Bonchev–Trinajstić information content (AvgIpc) is 2.63. The van der Waals surface area contributed by atoms with Crippen molar-refractivity contribution in [2.75, 3.05) is 36.4 Å². The Hall–Kier alpha value is -2.59. The van der Waals surface area contributed by atoms with Gasteiger partial charge in [0.2, 0.25) is 0 Å². The number of piperazine rings is 1. The molecule has 2 aromatic carbocycles. The fourth-order valence-electron chi connectivity index (χ4n) is 2.65. The lowest BCUT2D eigenvalue weighted by atomic mass is 10.1. The first kappa shape index (κ1) is 15.3. The van der Waals surface area contributed by atoms with Crippen LogP contribution in [-0.2, 0) is 0 Å². The van der Waals surface area contributed by atoms with Gasteiger partial charge in [0.1, 0.15) is 0 Å². The maximum atomic E-state index is 12.3.